The Bertz CT molecular complexity index is 1000. The summed E-state index contributed by atoms with van der Waals surface area (Å²) in [6.45, 7) is 0.812. The lowest BCUT2D eigenvalue weighted by atomic mass is 9.88. The Morgan fingerprint density at radius 3 is 2.96 bits per heavy atom. The number of fused-ring (bicyclic) bond motifs is 2. The van der Waals surface area contributed by atoms with Crippen LogP contribution < -0.4 is 19.5 Å². The molecule has 2 aliphatic rings. The highest BCUT2D eigenvalue weighted by molar-refractivity contribution is 5.60. The van der Waals surface area contributed by atoms with Crippen molar-refractivity contribution < 1.29 is 18.7 Å². The van der Waals surface area contributed by atoms with Crippen molar-refractivity contribution in [2.75, 3.05) is 13.9 Å². The van der Waals surface area contributed by atoms with Crippen molar-refractivity contribution in [1.82, 2.24) is 15.5 Å². The number of methoxy groups -OCH3 is 1. The number of benzene rings is 2. The molecule has 28 heavy (non-hydrogen) atoms. The summed E-state index contributed by atoms with van der Waals surface area (Å²) >= 11 is 0. The number of ether oxygens (including phenoxy) is 3. The topological polar surface area (TPSA) is 78.6 Å². The lowest BCUT2D eigenvalue weighted by molar-refractivity contribution is 0.174. The summed E-state index contributed by atoms with van der Waals surface area (Å²) in [5.74, 6) is 3.47. The highest BCUT2D eigenvalue weighted by Crippen LogP contribution is 2.35. The first kappa shape index (κ1) is 17.1. The van der Waals surface area contributed by atoms with Gasteiger partial charge in [-0.1, -0.05) is 11.2 Å². The zero-order valence-corrected chi connectivity index (χ0v) is 15.6. The maximum atomic E-state index is 5.42. The lowest BCUT2D eigenvalue weighted by Crippen LogP contribution is -2.34. The number of nitrogens with one attached hydrogen (secondary N) is 1. The van der Waals surface area contributed by atoms with E-state index in [-0.39, 0.29) is 6.79 Å². The number of rotatable bonds is 5. The largest absolute Gasteiger partial charge is 0.497 e. The van der Waals surface area contributed by atoms with Crippen LogP contribution in [0.3, 0.4) is 0 Å². The van der Waals surface area contributed by atoms with Gasteiger partial charge in [0.15, 0.2) is 17.3 Å². The summed E-state index contributed by atoms with van der Waals surface area (Å²) in [5.41, 5.74) is 3.57. The Kier molecular flexibility index (Phi) is 4.37. The van der Waals surface area contributed by atoms with Gasteiger partial charge in [-0.3, -0.25) is 0 Å². The molecule has 2 aromatic carbocycles. The molecule has 0 bridgehead atoms. The Morgan fingerprint density at radius 1 is 1.11 bits per heavy atom. The highest BCUT2D eigenvalue weighted by Gasteiger charge is 2.20. The standard InChI is InChI=1S/C21H21N3O4/c1-25-17-6-3-13-2-5-16(8-15(13)9-17)22-11-20-23-21(28-24-20)14-4-7-18-19(10-14)27-12-26-18/h3-4,6-7,9-10,16,22H,2,5,8,11-12H2,1H3/t16-/m1/s1. The Balaban J connectivity index is 1.23. The molecule has 1 N–H and O–H groups in total. The van der Waals surface area contributed by atoms with Crippen LogP contribution in [0.15, 0.2) is 40.9 Å². The average Bonchev–Trinajstić information content (AvgIpc) is 3.40. The van der Waals surface area contributed by atoms with Crippen LogP contribution in [0, 0.1) is 0 Å². The van der Waals surface area contributed by atoms with Crippen LogP contribution >= 0.6 is 0 Å². The minimum atomic E-state index is 0.244. The maximum absolute atomic E-state index is 5.42. The minimum absolute atomic E-state index is 0.244. The summed E-state index contributed by atoms with van der Waals surface area (Å²) in [5, 5.41) is 7.65. The molecular formula is C21H21N3O4. The maximum Gasteiger partial charge on any atom is 0.258 e. The highest BCUT2D eigenvalue weighted by atomic mass is 16.7. The van der Waals surface area contributed by atoms with Crippen molar-refractivity contribution in [3.63, 3.8) is 0 Å². The molecule has 3 aromatic rings. The number of aryl methyl sites for hydroxylation is 1. The SMILES string of the molecule is COc1ccc2c(c1)C[C@H](NCc1noc(-c3ccc4c(c3)OCO4)n1)CC2. The molecule has 1 atom stereocenters. The molecule has 0 fully saturated rings. The van der Waals surface area contributed by atoms with E-state index in [4.69, 9.17) is 18.7 Å². The molecule has 0 amide bonds. The fourth-order valence-electron chi connectivity index (χ4n) is 3.74. The molecule has 1 aliphatic heterocycles. The first-order chi connectivity index (χ1) is 13.8. The predicted octanol–water partition coefficient (Wildman–Crippen LogP) is 3.12. The summed E-state index contributed by atoms with van der Waals surface area (Å²) in [4.78, 5) is 4.51. The first-order valence-electron chi connectivity index (χ1n) is 9.40. The van der Waals surface area contributed by atoms with E-state index >= 15 is 0 Å². The molecule has 1 aliphatic carbocycles. The second-order valence-corrected chi connectivity index (χ2v) is 7.04. The van der Waals surface area contributed by atoms with Crippen molar-refractivity contribution in [2.24, 2.45) is 0 Å². The molecule has 0 unspecified atom stereocenters. The van der Waals surface area contributed by atoms with E-state index < -0.39 is 0 Å². The Hall–Kier alpha value is -3.06. The fourth-order valence-corrected chi connectivity index (χ4v) is 3.74. The van der Waals surface area contributed by atoms with Gasteiger partial charge in [-0.2, -0.15) is 4.98 Å². The summed E-state index contributed by atoms with van der Waals surface area (Å²) in [6.07, 6.45) is 3.12. The summed E-state index contributed by atoms with van der Waals surface area (Å²) in [6, 6.07) is 12.3. The van der Waals surface area contributed by atoms with Crippen LogP contribution in [-0.4, -0.2) is 30.1 Å². The molecule has 0 saturated carbocycles. The van der Waals surface area contributed by atoms with Gasteiger partial charge in [-0.05, 0) is 60.7 Å². The zero-order valence-electron chi connectivity index (χ0n) is 15.6. The fraction of sp³-hybridized carbons (Fsp3) is 0.333. The summed E-state index contributed by atoms with van der Waals surface area (Å²) < 4.78 is 21.5. The zero-order chi connectivity index (χ0) is 18.9. The molecule has 2 heterocycles. The first-order valence-corrected chi connectivity index (χ1v) is 9.40. The van der Waals surface area contributed by atoms with Crippen LogP contribution in [0.1, 0.15) is 23.4 Å². The van der Waals surface area contributed by atoms with Gasteiger partial charge < -0.3 is 24.1 Å². The average molecular weight is 379 g/mol. The molecule has 0 radical (unpaired) electrons. The molecule has 0 saturated heterocycles. The van der Waals surface area contributed by atoms with Gasteiger partial charge in [0.2, 0.25) is 6.79 Å². The Labute approximate surface area is 162 Å². The van der Waals surface area contributed by atoms with Crippen molar-refractivity contribution in [1.29, 1.82) is 0 Å². The second kappa shape index (κ2) is 7.16. The van der Waals surface area contributed by atoms with Crippen molar-refractivity contribution in [2.45, 2.75) is 31.8 Å². The summed E-state index contributed by atoms with van der Waals surface area (Å²) in [7, 11) is 1.70. The molecule has 5 rings (SSSR count). The number of hydrogen-bond donors (Lipinski definition) is 1. The van der Waals surface area contributed by atoms with Crippen LogP contribution in [0.4, 0.5) is 0 Å². The van der Waals surface area contributed by atoms with Crippen LogP contribution in [0.5, 0.6) is 17.2 Å². The third-order valence-corrected chi connectivity index (χ3v) is 5.28. The van der Waals surface area contributed by atoms with Gasteiger partial charge in [0.25, 0.3) is 5.89 Å². The monoisotopic (exact) mass is 379 g/mol. The lowest BCUT2D eigenvalue weighted by Gasteiger charge is -2.25. The molecule has 0 spiro atoms. The molecular weight excluding hydrogens is 358 g/mol. The third kappa shape index (κ3) is 3.29. The van der Waals surface area contributed by atoms with Gasteiger partial charge in [0, 0.05) is 11.6 Å². The van der Waals surface area contributed by atoms with E-state index in [9.17, 15) is 0 Å². The minimum Gasteiger partial charge on any atom is -0.497 e. The second-order valence-electron chi connectivity index (χ2n) is 7.04. The van der Waals surface area contributed by atoms with Gasteiger partial charge in [-0.15, -0.1) is 0 Å². The predicted molar refractivity (Wildman–Crippen MR) is 102 cm³/mol. The van der Waals surface area contributed by atoms with Crippen LogP contribution in [0.2, 0.25) is 0 Å². The third-order valence-electron chi connectivity index (χ3n) is 5.28. The Morgan fingerprint density at radius 2 is 2.04 bits per heavy atom. The number of aromatic nitrogens is 2. The van der Waals surface area contributed by atoms with Gasteiger partial charge in [0.1, 0.15) is 5.75 Å². The van der Waals surface area contributed by atoms with Crippen LogP contribution in [-0.2, 0) is 19.4 Å². The van der Waals surface area contributed by atoms with E-state index in [1.807, 2.05) is 24.3 Å². The van der Waals surface area contributed by atoms with Crippen molar-refractivity contribution >= 4 is 0 Å². The van der Waals surface area contributed by atoms with E-state index in [1.54, 1.807) is 7.11 Å². The van der Waals surface area contributed by atoms with Gasteiger partial charge >= 0.3 is 0 Å². The van der Waals surface area contributed by atoms with Gasteiger partial charge in [-0.25, -0.2) is 0 Å². The normalized spacial score (nSPS) is 17.4. The van der Waals surface area contributed by atoms with E-state index in [0.717, 1.165) is 36.3 Å². The van der Waals surface area contributed by atoms with Gasteiger partial charge in [0.05, 0.1) is 13.7 Å². The quantitative estimate of drug-likeness (QED) is 0.730. The molecule has 1 aromatic heterocycles. The molecule has 144 valence electrons. The molecule has 7 heteroatoms. The van der Waals surface area contributed by atoms with E-state index in [1.165, 1.54) is 11.1 Å². The van der Waals surface area contributed by atoms with E-state index in [0.29, 0.717) is 30.1 Å². The number of hydrogen-bond acceptors (Lipinski definition) is 7. The van der Waals surface area contributed by atoms with Crippen molar-refractivity contribution in [3.8, 4) is 28.7 Å². The molecule has 7 nitrogen and oxygen atoms in total. The van der Waals surface area contributed by atoms with Crippen molar-refractivity contribution in [3.05, 3.63) is 53.3 Å². The van der Waals surface area contributed by atoms with E-state index in [2.05, 4.69) is 27.6 Å². The smallest absolute Gasteiger partial charge is 0.258 e. The van der Waals surface area contributed by atoms with Crippen LogP contribution in [0.25, 0.3) is 11.5 Å². The number of nitrogens with zero attached hydrogens (tertiary/aromatic N) is 2.